The number of hydrazine groups is 1. The molecule has 2 atom stereocenters. The maximum Gasteiger partial charge on any atom is 0.511 e. The molecule has 0 saturated carbocycles. The number of hydrogen-bond donors (Lipinski definition) is 1. The van der Waals surface area contributed by atoms with E-state index in [0.29, 0.717) is 6.42 Å². The Hall–Kier alpha value is -2.26. The van der Waals surface area contributed by atoms with E-state index in [1.165, 1.54) is 7.05 Å². The number of rotatable bonds is 8. The van der Waals surface area contributed by atoms with E-state index in [4.69, 9.17) is 4.74 Å². The maximum absolute atomic E-state index is 11.7. The number of carbonyl (C=O) groups excluding carboxylic acids is 1. The zero-order valence-corrected chi connectivity index (χ0v) is 14.3. The van der Waals surface area contributed by atoms with E-state index < -0.39 is 30.6 Å². The third-order valence-electron chi connectivity index (χ3n) is 2.85. The molecule has 1 N–H and O–H groups in total. The average molecular weight is 335 g/mol. The van der Waals surface area contributed by atoms with Crippen LogP contribution in [0.1, 0.15) is 41.0 Å². The highest BCUT2D eigenvalue weighted by Crippen LogP contribution is 2.14. The zero-order valence-electron chi connectivity index (χ0n) is 14.3. The molecule has 0 aliphatic rings. The fraction of sp³-hybridized carbons (Fsp3) is 0.846. The molecule has 0 aliphatic carbocycles. The third-order valence-corrected chi connectivity index (χ3v) is 2.85. The number of carboxylic acids is 1. The number of carboxylic acid groups (broad SMARTS) is 1. The zero-order chi connectivity index (χ0) is 18.2. The van der Waals surface area contributed by atoms with Crippen molar-refractivity contribution in [3.8, 4) is 0 Å². The van der Waals surface area contributed by atoms with E-state index in [-0.39, 0.29) is 10.9 Å². The highest BCUT2D eigenvalue weighted by Gasteiger charge is 2.33. The first-order chi connectivity index (χ1) is 10.5. The van der Waals surface area contributed by atoms with Gasteiger partial charge in [-0.15, -0.1) is 5.01 Å². The van der Waals surface area contributed by atoms with Crippen molar-refractivity contribution in [3.63, 3.8) is 0 Å². The number of carbonyl (C=O) groups is 2. The van der Waals surface area contributed by atoms with Crippen molar-refractivity contribution in [1.29, 1.82) is 0 Å². The summed E-state index contributed by atoms with van der Waals surface area (Å²) in [4.78, 5) is 27.0. The van der Waals surface area contributed by atoms with Crippen LogP contribution in [0.25, 0.3) is 0 Å². The van der Waals surface area contributed by atoms with Crippen LogP contribution in [-0.2, 0) is 19.1 Å². The van der Waals surface area contributed by atoms with Crippen LogP contribution in [0, 0.1) is 11.1 Å². The molecular formula is C13H25N3O7. The summed E-state index contributed by atoms with van der Waals surface area (Å²) in [6, 6.07) is -1.06. The number of hydrogen-bond acceptors (Lipinski definition) is 7. The first-order valence-corrected chi connectivity index (χ1v) is 7.11. The molecule has 0 aromatic heterocycles. The molecule has 0 radical (unpaired) electrons. The first-order valence-electron chi connectivity index (χ1n) is 7.11. The summed E-state index contributed by atoms with van der Waals surface area (Å²) in [5.41, 5.74) is -0.718. The van der Waals surface area contributed by atoms with Crippen LogP contribution in [0.2, 0.25) is 0 Å². The van der Waals surface area contributed by atoms with Gasteiger partial charge in [-0.25, -0.2) is 9.59 Å². The quantitative estimate of drug-likeness (QED) is 0.179. The van der Waals surface area contributed by atoms with Crippen LogP contribution in [0.5, 0.6) is 0 Å². The van der Waals surface area contributed by atoms with E-state index >= 15 is 0 Å². The van der Waals surface area contributed by atoms with Crippen LogP contribution in [0.15, 0.2) is 5.28 Å². The molecule has 0 spiro atoms. The summed E-state index contributed by atoms with van der Waals surface area (Å²) in [7, 11) is 1.28. The van der Waals surface area contributed by atoms with Crippen molar-refractivity contribution >= 4 is 12.1 Å². The Morgan fingerprint density at radius 2 is 1.96 bits per heavy atom. The second-order valence-electron chi connectivity index (χ2n) is 5.93. The van der Waals surface area contributed by atoms with Crippen molar-refractivity contribution in [3.05, 3.63) is 5.21 Å². The van der Waals surface area contributed by atoms with Gasteiger partial charge in [-0.05, 0) is 26.7 Å². The van der Waals surface area contributed by atoms with E-state index in [2.05, 4.69) is 14.9 Å². The molecule has 134 valence electrons. The monoisotopic (exact) mass is 335 g/mol. The van der Waals surface area contributed by atoms with Crippen LogP contribution < -0.4 is 0 Å². The summed E-state index contributed by atoms with van der Waals surface area (Å²) in [5.74, 6) is -1.43. The smallest absolute Gasteiger partial charge is 0.511 e. The van der Waals surface area contributed by atoms with Gasteiger partial charge in [0.05, 0.1) is 12.0 Å². The number of aliphatic carboxylic acids is 1. The standard InChI is InChI=1S/C13H25N3O7/c1-7-9(2)10(11(17)18)15(6)16(20)14-22-8-21-12(19)23-13(3,4)5/h9-10H,7-8H2,1-6H3,(H,17,18)/b16-14-/t9-,10+/m1/s1. The molecule has 0 amide bonds. The lowest BCUT2D eigenvalue weighted by Crippen LogP contribution is -2.46. The summed E-state index contributed by atoms with van der Waals surface area (Å²) < 4.78 is 9.39. The molecule has 0 bridgehead atoms. The Morgan fingerprint density at radius 1 is 1.39 bits per heavy atom. The predicted molar refractivity (Wildman–Crippen MR) is 78.0 cm³/mol. The fourth-order valence-electron chi connectivity index (χ4n) is 1.59. The predicted octanol–water partition coefficient (Wildman–Crippen LogP) is 2.14. The summed E-state index contributed by atoms with van der Waals surface area (Å²) in [6.45, 7) is 7.86. The lowest BCUT2D eigenvalue weighted by Gasteiger charge is -2.24. The summed E-state index contributed by atoms with van der Waals surface area (Å²) in [5, 5.41) is 24.9. The van der Waals surface area contributed by atoms with Crippen molar-refractivity contribution < 1.29 is 34.0 Å². The Labute approximate surface area is 135 Å². The molecule has 0 rings (SSSR count). The number of likely N-dealkylation sites (N-methyl/N-ethyl adjacent to an activating group) is 1. The van der Waals surface area contributed by atoms with Gasteiger partial charge in [0.25, 0.3) is 6.79 Å². The Balaban J connectivity index is 4.48. The van der Waals surface area contributed by atoms with Crippen LogP contribution in [0.4, 0.5) is 4.79 Å². The van der Waals surface area contributed by atoms with Crippen LogP contribution >= 0.6 is 0 Å². The van der Waals surface area contributed by atoms with Gasteiger partial charge in [0, 0.05) is 0 Å². The lowest BCUT2D eigenvalue weighted by atomic mass is 9.99. The average Bonchev–Trinajstić information content (AvgIpc) is 2.40. The van der Waals surface area contributed by atoms with Crippen molar-refractivity contribution in [2.75, 3.05) is 13.8 Å². The number of nitrogens with zero attached hydrogens (tertiary/aromatic N) is 3. The molecule has 0 unspecified atom stereocenters. The molecule has 23 heavy (non-hydrogen) atoms. The number of ether oxygens (including phenoxy) is 2. The van der Waals surface area contributed by atoms with Crippen molar-refractivity contribution in [2.24, 2.45) is 11.2 Å². The van der Waals surface area contributed by atoms with Gasteiger partial charge in [-0.3, -0.25) is 0 Å². The lowest BCUT2D eigenvalue weighted by molar-refractivity contribution is -0.712. The van der Waals surface area contributed by atoms with Gasteiger partial charge < -0.3 is 24.6 Å². The van der Waals surface area contributed by atoms with Gasteiger partial charge in [0.1, 0.15) is 5.60 Å². The molecule has 0 saturated heterocycles. The van der Waals surface area contributed by atoms with Crippen LogP contribution in [0.3, 0.4) is 0 Å². The Kier molecular flexibility index (Phi) is 8.12. The molecule has 10 nitrogen and oxygen atoms in total. The third kappa shape index (κ3) is 8.07. The second kappa shape index (κ2) is 9.01. The van der Waals surface area contributed by atoms with Crippen LogP contribution in [-0.4, -0.2) is 52.7 Å². The van der Waals surface area contributed by atoms with Gasteiger partial charge >= 0.3 is 12.1 Å². The highest BCUT2D eigenvalue weighted by atomic mass is 16.8. The van der Waals surface area contributed by atoms with Gasteiger partial charge in [0.15, 0.2) is 6.04 Å². The molecule has 0 aromatic carbocycles. The summed E-state index contributed by atoms with van der Waals surface area (Å²) >= 11 is 0. The van der Waals surface area contributed by atoms with Crippen molar-refractivity contribution in [2.45, 2.75) is 52.7 Å². The second-order valence-corrected chi connectivity index (χ2v) is 5.93. The fourth-order valence-corrected chi connectivity index (χ4v) is 1.59. The van der Waals surface area contributed by atoms with Crippen molar-refractivity contribution in [1.82, 2.24) is 5.01 Å². The minimum atomic E-state index is -1.15. The maximum atomic E-state index is 11.7. The summed E-state index contributed by atoms with van der Waals surface area (Å²) in [6.07, 6.45) is -0.404. The van der Waals surface area contributed by atoms with E-state index in [1.807, 2.05) is 6.92 Å². The van der Waals surface area contributed by atoms with E-state index in [0.717, 1.165) is 5.01 Å². The van der Waals surface area contributed by atoms with Gasteiger partial charge in [-0.2, -0.15) is 0 Å². The highest BCUT2D eigenvalue weighted by molar-refractivity contribution is 5.73. The minimum Gasteiger partial charge on any atom is -0.569 e. The Morgan fingerprint density at radius 3 is 2.39 bits per heavy atom. The SMILES string of the molecule is CC[C@@H](C)[C@@H](C(=O)O)N(C)/[N+]([O-])=N/OCOC(=O)OC(C)(C)C. The molecule has 0 fully saturated rings. The van der Waals surface area contributed by atoms with Gasteiger partial charge in [-0.1, -0.05) is 20.3 Å². The topological polar surface area (TPSA) is 124 Å². The molecular weight excluding hydrogens is 310 g/mol. The largest absolute Gasteiger partial charge is 0.569 e. The molecule has 0 aliphatic heterocycles. The molecule has 10 heteroatoms. The Bertz CT molecular complexity index is 434. The normalized spacial score (nSPS) is 14.6. The van der Waals surface area contributed by atoms with E-state index in [1.54, 1.807) is 27.7 Å². The minimum absolute atomic E-state index is 0.0105. The molecule has 0 aromatic rings. The van der Waals surface area contributed by atoms with E-state index in [9.17, 15) is 19.9 Å². The first kappa shape index (κ1) is 20.7. The van der Waals surface area contributed by atoms with Gasteiger partial charge in [0.2, 0.25) is 5.28 Å². The molecule has 0 heterocycles.